The molecule has 1 aromatic carbocycles. The van der Waals surface area contributed by atoms with Gasteiger partial charge in [-0.3, -0.25) is 4.79 Å². The third-order valence-electron chi connectivity index (χ3n) is 6.55. The van der Waals surface area contributed by atoms with Crippen LogP contribution >= 0.6 is 0 Å². The molecular weight excluding hydrogens is 374 g/mol. The molecule has 0 N–H and O–H groups in total. The van der Waals surface area contributed by atoms with Gasteiger partial charge in [-0.2, -0.15) is 5.26 Å². The van der Waals surface area contributed by atoms with Crippen LogP contribution in [0, 0.1) is 31.1 Å². The number of rotatable bonds is 3. The first-order chi connectivity index (χ1) is 14.6. The number of carbonyl (C=O) groups excluding carboxylic acids is 1. The zero-order valence-corrected chi connectivity index (χ0v) is 17.8. The fourth-order valence-electron chi connectivity index (χ4n) is 4.50. The topological polar surface area (TPSA) is 63.5 Å². The molecule has 0 bridgehead atoms. The summed E-state index contributed by atoms with van der Waals surface area (Å²) < 4.78 is 0. The minimum absolute atomic E-state index is 0.104. The summed E-state index contributed by atoms with van der Waals surface area (Å²) in [5.74, 6) is 1.30. The second-order valence-corrected chi connectivity index (χ2v) is 8.31. The maximum Gasteiger partial charge on any atom is 0.225 e. The molecular formula is C24H29N5O. The number of benzene rings is 1. The molecule has 2 aromatic rings. The second-order valence-electron chi connectivity index (χ2n) is 8.31. The van der Waals surface area contributed by atoms with E-state index in [1.54, 1.807) is 12.3 Å². The first-order valence-electron chi connectivity index (χ1n) is 10.8. The van der Waals surface area contributed by atoms with Gasteiger partial charge in [-0.15, -0.1) is 0 Å². The van der Waals surface area contributed by atoms with Gasteiger partial charge in [-0.25, -0.2) is 4.98 Å². The molecule has 2 saturated heterocycles. The molecule has 156 valence electrons. The molecule has 0 saturated carbocycles. The van der Waals surface area contributed by atoms with Gasteiger partial charge in [0.1, 0.15) is 11.9 Å². The van der Waals surface area contributed by atoms with Gasteiger partial charge < -0.3 is 14.7 Å². The van der Waals surface area contributed by atoms with Crippen LogP contribution in [0.2, 0.25) is 0 Å². The number of aromatic nitrogens is 1. The summed E-state index contributed by atoms with van der Waals surface area (Å²) >= 11 is 0. The highest BCUT2D eigenvalue weighted by Crippen LogP contribution is 2.26. The van der Waals surface area contributed by atoms with E-state index in [2.05, 4.69) is 57.8 Å². The Morgan fingerprint density at radius 1 is 1.00 bits per heavy atom. The van der Waals surface area contributed by atoms with Crippen molar-refractivity contribution in [2.75, 3.05) is 49.1 Å². The maximum atomic E-state index is 13.1. The van der Waals surface area contributed by atoms with E-state index in [0.29, 0.717) is 11.5 Å². The normalized spacial score (nSPS) is 17.7. The van der Waals surface area contributed by atoms with Crippen LogP contribution in [0.5, 0.6) is 0 Å². The number of amides is 1. The van der Waals surface area contributed by atoms with E-state index < -0.39 is 0 Å². The van der Waals surface area contributed by atoms with Crippen molar-refractivity contribution in [3.8, 4) is 6.07 Å². The Kier molecular flexibility index (Phi) is 5.89. The Hall–Kier alpha value is -3.07. The monoisotopic (exact) mass is 403 g/mol. The van der Waals surface area contributed by atoms with Crippen LogP contribution in [0.15, 0.2) is 36.5 Å². The van der Waals surface area contributed by atoms with Crippen molar-refractivity contribution in [3.05, 3.63) is 53.2 Å². The number of piperidine rings is 1. The molecule has 0 spiro atoms. The third kappa shape index (κ3) is 4.11. The average molecular weight is 404 g/mol. The summed E-state index contributed by atoms with van der Waals surface area (Å²) in [6.07, 6.45) is 3.33. The van der Waals surface area contributed by atoms with Crippen molar-refractivity contribution in [3.63, 3.8) is 0 Å². The molecule has 3 heterocycles. The Balaban J connectivity index is 1.30. The van der Waals surface area contributed by atoms with Crippen molar-refractivity contribution < 1.29 is 4.79 Å². The van der Waals surface area contributed by atoms with Gasteiger partial charge in [0.05, 0.1) is 5.56 Å². The number of hydrogen-bond acceptors (Lipinski definition) is 5. The molecule has 1 amide bonds. The number of nitriles is 1. The van der Waals surface area contributed by atoms with Crippen LogP contribution in [0.25, 0.3) is 0 Å². The van der Waals surface area contributed by atoms with Crippen LogP contribution in [0.3, 0.4) is 0 Å². The predicted molar refractivity (Wildman–Crippen MR) is 119 cm³/mol. The quantitative estimate of drug-likeness (QED) is 0.788. The van der Waals surface area contributed by atoms with Crippen LogP contribution in [0.4, 0.5) is 11.5 Å². The SMILES string of the molecule is Cc1cccc(N2CCN(C(=O)C3CCN(c4ccc(C#N)cn4)CC3)CC2)c1C. The smallest absolute Gasteiger partial charge is 0.225 e. The minimum atomic E-state index is 0.104. The first-order valence-corrected chi connectivity index (χ1v) is 10.8. The largest absolute Gasteiger partial charge is 0.368 e. The summed E-state index contributed by atoms with van der Waals surface area (Å²) in [6.45, 7) is 9.37. The third-order valence-corrected chi connectivity index (χ3v) is 6.55. The zero-order valence-electron chi connectivity index (χ0n) is 17.8. The Morgan fingerprint density at radius 2 is 1.73 bits per heavy atom. The van der Waals surface area contributed by atoms with E-state index in [4.69, 9.17) is 5.26 Å². The lowest BCUT2D eigenvalue weighted by molar-refractivity contribution is -0.136. The minimum Gasteiger partial charge on any atom is -0.368 e. The lowest BCUT2D eigenvalue weighted by Gasteiger charge is -2.40. The van der Waals surface area contributed by atoms with Gasteiger partial charge >= 0.3 is 0 Å². The summed E-state index contributed by atoms with van der Waals surface area (Å²) in [5, 5.41) is 8.92. The molecule has 2 aliphatic heterocycles. The van der Waals surface area contributed by atoms with Gasteiger partial charge in [0, 0.05) is 57.1 Å². The first kappa shape index (κ1) is 20.2. The summed E-state index contributed by atoms with van der Waals surface area (Å²) in [5.41, 5.74) is 4.52. The summed E-state index contributed by atoms with van der Waals surface area (Å²) in [4.78, 5) is 24.1. The van der Waals surface area contributed by atoms with E-state index in [-0.39, 0.29) is 5.92 Å². The van der Waals surface area contributed by atoms with E-state index in [9.17, 15) is 4.79 Å². The standard InChI is InChI=1S/C24H29N5O/c1-18-4-3-5-22(19(18)2)27-12-14-29(15-13-27)24(30)21-8-10-28(11-9-21)23-7-6-20(16-25)17-26-23/h3-7,17,21H,8-15H2,1-2H3. The summed E-state index contributed by atoms with van der Waals surface area (Å²) in [7, 11) is 0. The fraction of sp³-hybridized carbons (Fsp3) is 0.458. The van der Waals surface area contributed by atoms with Crippen molar-refractivity contribution in [2.24, 2.45) is 5.92 Å². The Morgan fingerprint density at radius 3 is 2.37 bits per heavy atom. The van der Waals surface area contributed by atoms with Gasteiger partial charge in [-0.1, -0.05) is 12.1 Å². The lowest BCUT2D eigenvalue weighted by atomic mass is 9.95. The van der Waals surface area contributed by atoms with Gasteiger partial charge in [0.25, 0.3) is 0 Å². The number of piperazine rings is 1. The van der Waals surface area contributed by atoms with Crippen molar-refractivity contribution in [1.29, 1.82) is 5.26 Å². The zero-order chi connectivity index (χ0) is 21.1. The highest BCUT2D eigenvalue weighted by atomic mass is 16.2. The fourth-order valence-corrected chi connectivity index (χ4v) is 4.50. The molecule has 4 rings (SSSR count). The molecule has 0 radical (unpaired) electrons. The van der Waals surface area contributed by atoms with E-state index in [1.165, 1.54) is 16.8 Å². The number of anilines is 2. The maximum absolute atomic E-state index is 13.1. The van der Waals surface area contributed by atoms with Gasteiger partial charge in [0.15, 0.2) is 0 Å². The number of pyridine rings is 1. The molecule has 0 unspecified atom stereocenters. The van der Waals surface area contributed by atoms with Crippen LogP contribution < -0.4 is 9.80 Å². The predicted octanol–water partition coefficient (Wildman–Crippen LogP) is 3.14. The molecule has 0 aliphatic carbocycles. The van der Waals surface area contributed by atoms with Crippen LogP contribution in [-0.2, 0) is 4.79 Å². The molecule has 1 aromatic heterocycles. The van der Waals surface area contributed by atoms with Gasteiger partial charge in [-0.05, 0) is 56.0 Å². The number of nitrogens with zero attached hydrogens (tertiary/aromatic N) is 5. The average Bonchev–Trinajstić information content (AvgIpc) is 2.81. The van der Waals surface area contributed by atoms with Crippen molar-refractivity contribution in [1.82, 2.24) is 9.88 Å². The molecule has 6 heteroatoms. The van der Waals surface area contributed by atoms with Crippen molar-refractivity contribution in [2.45, 2.75) is 26.7 Å². The molecule has 2 fully saturated rings. The van der Waals surface area contributed by atoms with E-state index in [1.807, 2.05) is 6.07 Å². The lowest BCUT2D eigenvalue weighted by Crippen LogP contribution is -2.52. The summed E-state index contributed by atoms with van der Waals surface area (Å²) in [6, 6.07) is 12.3. The number of hydrogen-bond donors (Lipinski definition) is 0. The highest BCUT2D eigenvalue weighted by molar-refractivity contribution is 5.79. The van der Waals surface area contributed by atoms with E-state index >= 15 is 0 Å². The van der Waals surface area contributed by atoms with Gasteiger partial charge in [0.2, 0.25) is 5.91 Å². The highest BCUT2D eigenvalue weighted by Gasteiger charge is 2.31. The van der Waals surface area contributed by atoms with Crippen LogP contribution in [-0.4, -0.2) is 55.1 Å². The molecule has 30 heavy (non-hydrogen) atoms. The number of aryl methyl sites for hydroxylation is 1. The number of carbonyl (C=O) groups is 1. The molecule has 0 atom stereocenters. The Bertz CT molecular complexity index is 933. The van der Waals surface area contributed by atoms with Crippen molar-refractivity contribution >= 4 is 17.4 Å². The molecule has 2 aliphatic rings. The second kappa shape index (κ2) is 8.74. The van der Waals surface area contributed by atoms with E-state index in [0.717, 1.165) is 57.9 Å². The van der Waals surface area contributed by atoms with Crippen LogP contribution in [0.1, 0.15) is 29.5 Å². The Labute approximate surface area is 178 Å². The molecule has 6 nitrogen and oxygen atoms in total.